The summed E-state index contributed by atoms with van der Waals surface area (Å²) in [6.45, 7) is 5.65. The number of fused-ring (bicyclic) bond motifs is 1. The summed E-state index contributed by atoms with van der Waals surface area (Å²) in [5.74, 6) is 0.962. The van der Waals surface area contributed by atoms with Crippen LogP contribution in [0.25, 0.3) is 10.9 Å². The van der Waals surface area contributed by atoms with E-state index in [2.05, 4.69) is 31.7 Å². The summed E-state index contributed by atoms with van der Waals surface area (Å²) in [7, 11) is 0. The number of H-pyrrole nitrogens is 1. The average molecular weight is 447 g/mol. The van der Waals surface area contributed by atoms with Gasteiger partial charge in [-0.2, -0.15) is 5.26 Å². The SMILES string of the molecule is CC(C)(C)OC(=O)C[C@H]1CCCC[C@H]1Nc1cnc(C#N)c(Nc2cccc3cc[nH]c23)n1. The number of carbonyl (C=O) groups excluding carboxylic acids is 1. The summed E-state index contributed by atoms with van der Waals surface area (Å²) in [6.07, 6.45) is 7.92. The molecule has 0 saturated heterocycles. The molecule has 0 spiro atoms. The van der Waals surface area contributed by atoms with E-state index in [1.54, 1.807) is 6.20 Å². The number of para-hydroxylation sites is 1. The molecule has 0 bridgehead atoms. The van der Waals surface area contributed by atoms with Crippen LogP contribution in [0.2, 0.25) is 0 Å². The maximum Gasteiger partial charge on any atom is 0.306 e. The molecule has 1 saturated carbocycles. The van der Waals surface area contributed by atoms with Gasteiger partial charge in [0.15, 0.2) is 11.5 Å². The lowest BCUT2D eigenvalue weighted by Crippen LogP contribution is -2.35. The predicted molar refractivity (Wildman–Crippen MR) is 128 cm³/mol. The highest BCUT2D eigenvalue weighted by atomic mass is 16.6. The van der Waals surface area contributed by atoms with Crippen molar-refractivity contribution in [3.05, 3.63) is 42.4 Å². The maximum atomic E-state index is 12.4. The molecule has 1 fully saturated rings. The van der Waals surface area contributed by atoms with E-state index >= 15 is 0 Å². The minimum atomic E-state index is -0.490. The molecule has 8 heteroatoms. The molecular formula is C25H30N6O2. The summed E-state index contributed by atoms with van der Waals surface area (Å²) in [5.41, 5.74) is 1.49. The van der Waals surface area contributed by atoms with Crippen LogP contribution >= 0.6 is 0 Å². The second kappa shape index (κ2) is 9.49. The minimum Gasteiger partial charge on any atom is -0.460 e. The Morgan fingerprint density at radius 3 is 2.88 bits per heavy atom. The molecule has 4 rings (SSSR count). The van der Waals surface area contributed by atoms with E-state index in [1.165, 1.54) is 0 Å². The van der Waals surface area contributed by atoms with Gasteiger partial charge in [-0.3, -0.25) is 4.79 Å². The number of nitriles is 1. The Hall–Kier alpha value is -3.60. The number of benzene rings is 1. The molecule has 0 aliphatic heterocycles. The molecule has 172 valence electrons. The topological polar surface area (TPSA) is 116 Å². The Labute approximate surface area is 193 Å². The number of hydrogen-bond acceptors (Lipinski definition) is 7. The summed E-state index contributed by atoms with van der Waals surface area (Å²) in [4.78, 5) is 24.6. The molecule has 8 nitrogen and oxygen atoms in total. The van der Waals surface area contributed by atoms with E-state index in [4.69, 9.17) is 4.74 Å². The van der Waals surface area contributed by atoms with Crippen molar-refractivity contribution in [3.63, 3.8) is 0 Å². The van der Waals surface area contributed by atoms with Crippen LogP contribution in [-0.2, 0) is 9.53 Å². The molecule has 1 aliphatic rings. The van der Waals surface area contributed by atoms with Crippen LogP contribution in [0, 0.1) is 17.2 Å². The summed E-state index contributed by atoms with van der Waals surface area (Å²) < 4.78 is 5.54. The van der Waals surface area contributed by atoms with Gasteiger partial charge in [0.05, 0.1) is 23.8 Å². The number of nitrogens with one attached hydrogen (secondary N) is 3. The van der Waals surface area contributed by atoms with Crippen molar-refractivity contribution >= 4 is 34.2 Å². The summed E-state index contributed by atoms with van der Waals surface area (Å²) in [5, 5.41) is 17.3. The zero-order valence-electron chi connectivity index (χ0n) is 19.3. The number of esters is 1. The fourth-order valence-electron chi connectivity index (χ4n) is 4.37. The lowest BCUT2D eigenvalue weighted by atomic mass is 9.82. The van der Waals surface area contributed by atoms with Crippen LogP contribution in [0.15, 0.2) is 36.7 Å². The molecule has 33 heavy (non-hydrogen) atoms. The highest BCUT2D eigenvalue weighted by molar-refractivity contribution is 5.92. The number of nitrogens with zero attached hydrogens (tertiary/aromatic N) is 3. The number of carbonyl (C=O) groups is 1. The number of anilines is 3. The second-order valence-corrected chi connectivity index (χ2v) is 9.52. The quantitative estimate of drug-likeness (QED) is 0.441. The lowest BCUT2D eigenvalue weighted by molar-refractivity contribution is -0.156. The Kier molecular flexibility index (Phi) is 6.50. The number of aromatic amines is 1. The minimum absolute atomic E-state index is 0.0909. The number of ether oxygens (including phenoxy) is 1. The predicted octanol–water partition coefficient (Wildman–Crippen LogP) is 5.28. The fourth-order valence-corrected chi connectivity index (χ4v) is 4.37. The van der Waals surface area contributed by atoms with E-state index in [0.29, 0.717) is 18.1 Å². The van der Waals surface area contributed by atoms with Crippen molar-refractivity contribution in [1.29, 1.82) is 5.26 Å². The van der Waals surface area contributed by atoms with E-state index < -0.39 is 5.60 Å². The molecular weight excluding hydrogens is 416 g/mol. The van der Waals surface area contributed by atoms with Crippen molar-refractivity contribution in [3.8, 4) is 6.07 Å². The van der Waals surface area contributed by atoms with Gasteiger partial charge < -0.3 is 20.4 Å². The molecule has 3 aromatic rings. The van der Waals surface area contributed by atoms with E-state index in [1.807, 2.05) is 51.2 Å². The zero-order chi connectivity index (χ0) is 23.4. The van der Waals surface area contributed by atoms with Crippen molar-refractivity contribution in [2.24, 2.45) is 5.92 Å². The van der Waals surface area contributed by atoms with Gasteiger partial charge >= 0.3 is 5.97 Å². The van der Waals surface area contributed by atoms with Crippen molar-refractivity contribution in [1.82, 2.24) is 15.0 Å². The van der Waals surface area contributed by atoms with Gasteiger partial charge in [-0.1, -0.05) is 25.0 Å². The third-order valence-electron chi connectivity index (χ3n) is 5.81. The Bertz CT molecular complexity index is 1170. The summed E-state index contributed by atoms with van der Waals surface area (Å²) in [6, 6.07) is 10.1. The largest absolute Gasteiger partial charge is 0.460 e. The molecule has 0 radical (unpaired) electrons. The van der Waals surface area contributed by atoms with Crippen LogP contribution < -0.4 is 10.6 Å². The fraction of sp³-hybridized carbons (Fsp3) is 0.440. The van der Waals surface area contributed by atoms with Crippen LogP contribution in [0.5, 0.6) is 0 Å². The molecule has 2 atom stereocenters. The molecule has 1 aromatic carbocycles. The molecule has 3 N–H and O–H groups in total. The van der Waals surface area contributed by atoms with Gasteiger partial charge in [0.2, 0.25) is 0 Å². The average Bonchev–Trinajstić information content (AvgIpc) is 3.24. The molecule has 0 amide bonds. The Morgan fingerprint density at radius 2 is 2.09 bits per heavy atom. The Morgan fingerprint density at radius 1 is 1.27 bits per heavy atom. The Balaban J connectivity index is 1.52. The third-order valence-corrected chi connectivity index (χ3v) is 5.81. The van der Waals surface area contributed by atoms with Gasteiger partial charge in [-0.15, -0.1) is 0 Å². The van der Waals surface area contributed by atoms with Crippen molar-refractivity contribution < 1.29 is 9.53 Å². The lowest BCUT2D eigenvalue weighted by Gasteiger charge is -2.32. The van der Waals surface area contributed by atoms with Gasteiger partial charge in [-0.05, 0) is 51.7 Å². The zero-order valence-corrected chi connectivity index (χ0v) is 19.3. The highest BCUT2D eigenvalue weighted by Crippen LogP contribution is 2.31. The molecule has 2 aromatic heterocycles. The summed E-state index contributed by atoms with van der Waals surface area (Å²) >= 11 is 0. The number of aromatic nitrogens is 3. The first-order valence-electron chi connectivity index (χ1n) is 11.4. The van der Waals surface area contributed by atoms with Crippen molar-refractivity contribution in [2.75, 3.05) is 10.6 Å². The molecule has 0 unspecified atom stereocenters. The van der Waals surface area contributed by atoms with Gasteiger partial charge in [0.1, 0.15) is 17.5 Å². The van der Waals surface area contributed by atoms with E-state index in [0.717, 1.165) is 42.3 Å². The van der Waals surface area contributed by atoms with Crippen LogP contribution in [-0.4, -0.2) is 32.6 Å². The molecule has 1 aliphatic carbocycles. The third kappa shape index (κ3) is 5.61. The van der Waals surface area contributed by atoms with Gasteiger partial charge in [0, 0.05) is 17.6 Å². The highest BCUT2D eigenvalue weighted by Gasteiger charge is 2.29. The van der Waals surface area contributed by atoms with Gasteiger partial charge in [-0.25, -0.2) is 9.97 Å². The van der Waals surface area contributed by atoms with Crippen molar-refractivity contribution in [2.45, 2.75) is 64.5 Å². The first-order valence-corrected chi connectivity index (χ1v) is 11.4. The molecule has 2 heterocycles. The first-order chi connectivity index (χ1) is 15.8. The number of rotatable bonds is 6. The number of hydrogen-bond donors (Lipinski definition) is 3. The van der Waals surface area contributed by atoms with E-state index in [9.17, 15) is 10.1 Å². The maximum absolute atomic E-state index is 12.4. The van der Waals surface area contributed by atoms with Crippen LogP contribution in [0.4, 0.5) is 17.3 Å². The first kappa shape index (κ1) is 22.6. The van der Waals surface area contributed by atoms with Gasteiger partial charge in [0.25, 0.3) is 0 Å². The van der Waals surface area contributed by atoms with Crippen LogP contribution in [0.3, 0.4) is 0 Å². The standard InChI is InChI=1S/C25H30N6O2/c1-25(2,3)33-22(32)13-17-7-4-5-9-18(17)29-21-15-28-20(14-26)24(31-21)30-19-10-6-8-16-11-12-27-23(16)19/h6,8,10-12,15,17-18,27H,4-5,7,9,13H2,1-3H3,(H2,29,30,31)/t17-,18-/m1/s1. The normalized spacial score (nSPS) is 18.5. The smallest absolute Gasteiger partial charge is 0.306 e. The van der Waals surface area contributed by atoms with Crippen LogP contribution in [0.1, 0.15) is 58.6 Å². The second-order valence-electron chi connectivity index (χ2n) is 9.52. The monoisotopic (exact) mass is 446 g/mol. The van der Waals surface area contributed by atoms with E-state index in [-0.39, 0.29) is 23.6 Å².